The van der Waals surface area contributed by atoms with Crippen LogP contribution in [0.3, 0.4) is 0 Å². The molecule has 0 unspecified atom stereocenters. The third-order valence-corrected chi connectivity index (χ3v) is 4.75. The molecule has 0 aliphatic carbocycles. The van der Waals surface area contributed by atoms with Gasteiger partial charge in [0.15, 0.2) is 6.61 Å². The van der Waals surface area contributed by atoms with Crippen LogP contribution in [-0.2, 0) is 30.3 Å². The summed E-state index contributed by atoms with van der Waals surface area (Å²) in [7, 11) is 0. The van der Waals surface area contributed by atoms with Gasteiger partial charge in [-0.05, 0) is 31.5 Å². The Morgan fingerprint density at radius 2 is 1.70 bits per heavy atom. The standard InChI is InChI=1S/C22H23N3O5/c1-22(2)21(29)24-16-10-6-7-11-17(16)25(22)19(27)14-30-20(28)13-23-18(26)12-15-8-4-3-5-9-15/h3-11H,12-14H2,1-2H3,(H,23,26)(H,24,29). The molecule has 3 rings (SSSR count). The summed E-state index contributed by atoms with van der Waals surface area (Å²) < 4.78 is 5.02. The Morgan fingerprint density at radius 1 is 1.03 bits per heavy atom. The van der Waals surface area contributed by atoms with Crippen molar-refractivity contribution >= 4 is 35.1 Å². The lowest BCUT2D eigenvalue weighted by atomic mass is 9.96. The molecule has 1 heterocycles. The normalized spacial score (nSPS) is 14.3. The van der Waals surface area contributed by atoms with Crippen LogP contribution in [0.2, 0.25) is 0 Å². The Labute approximate surface area is 174 Å². The number of nitrogens with one attached hydrogen (secondary N) is 2. The lowest BCUT2D eigenvalue weighted by molar-refractivity contribution is -0.148. The fourth-order valence-corrected chi connectivity index (χ4v) is 3.17. The minimum atomic E-state index is -1.15. The van der Waals surface area contributed by atoms with Crippen LogP contribution in [0.1, 0.15) is 19.4 Å². The molecule has 0 atom stereocenters. The molecule has 3 amide bonds. The van der Waals surface area contributed by atoms with Crippen LogP contribution in [0.4, 0.5) is 11.4 Å². The molecule has 0 bridgehead atoms. The molecule has 8 nitrogen and oxygen atoms in total. The molecular weight excluding hydrogens is 386 g/mol. The highest BCUT2D eigenvalue weighted by atomic mass is 16.5. The molecular formula is C22H23N3O5. The van der Waals surface area contributed by atoms with Gasteiger partial charge >= 0.3 is 5.97 Å². The molecule has 0 aromatic heterocycles. The van der Waals surface area contributed by atoms with E-state index in [2.05, 4.69) is 10.6 Å². The van der Waals surface area contributed by atoms with Gasteiger partial charge in [0.05, 0.1) is 17.8 Å². The maximum atomic E-state index is 12.8. The summed E-state index contributed by atoms with van der Waals surface area (Å²) in [4.78, 5) is 50.4. The fraction of sp³-hybridized carbons (Fsp3) is 0.273. The average Bonchev–Trinajstić information content (AvgIpc) is 2.72. The second kappa shape index (κ2) is 8.77. The molecule has 2 aromatic rings. The van der Waals surface area contributed by atoms with E-state index < -0.39 is 24.0 Å². The van der Waals surface area contributed by atoms with E-state index in [0.29, 0.717) is 11.4 Å². The lowest BCUT2D eigenvalue weighted by Gasteiger charge is -2.41. The molecule has 156 valence electrons. The van der Waals surface area contributed by atoms with Crippen molar-refractivity contribution < 1.29 is 23.9 Å². The molecule has 0 spiro atoms. The number of amides is 3. The maximum absolute atomic E-state index is 12.8. The van der Waals surface area contributed by atoms with Crippen molar-refractivity contribution in [3.63, 3.8) is 0 Å². The second-order valence-electron chi connectivity index (χ2n) is 7.36. The van der Waals surface area contributed by atoms with Crippen molar-refractivity contribution in [3.05, 3.63) is 60.2 Å². The van der Waals surface area contributed by atoms with Crippen LogP contribution in [0.15, 0.2) is 54.6 Å². The summed E-state index contributed by atoms with van der Waals surface area (Å²) in [6, 6.07) is 16.0. The van der Waals surface area contributed by atoms with Crippen LogP contribution in [-0.4, -0.2) is 42.4 Å². The van der Waals surface area contributed by atoms with Gasteiger partial charge in [-0.1, -0.05) is 42.5 Å². The minimum absolute atomic E-state index is 0.140. The van der Waals surface area contributed by atoms with Gasteiger partial charge in [0, 0.05) is 0 Å². The summed E-state index contributed by atoms with van der Waals surface area (Å²) in [5.74, 6) is -1.94. The SMILES string of the molecule is CC1(C)C(=O)Nc2ccccc2N1C(=O)COC(=O)CNC(=O)Cc1ccccc1. The highest BCUT2D eigenvalue weighted by Gasteiger charge is 2.43. The summed E-state index contributed by atoms with van der Waals surface area (Å²) >= 11 is 0. The van der Waals surface area contributed by atoms with Crippen LogP contribution in [0, 0.1) is 0 Å². The molecule has 0 radical (unpaired) electrons. The van der Waals surface area contributed by atoms with E-state index in [1.54, 1.807) is 38.1 Å². The van der Waals surface area contributed by atoms with Gasteiger partial charge in [0.2, 0.25) is 11.8 Å². The Kier molecular flexibility index (Phi) is 6.15. The summed E-state index contributed by atoms with van der Waals surface area (Å²) in [6.07, 6.45) is 0.140. The molecule has 1 aliphatic rings. The first kappa shape index (κ1) is 21.0. The highest BCUT2D eigenvalue weighted by molar-refractivity contribution is 6.14. The van der Waals surface area contributed by atoms with Crippen molar-refractivity contribution in [1.82, 2.24) is 5.32 Å². The number of hydrogen-bond donors (Lipinski definition) is 2. The molecule has 0 saturated carbocycles. The smallest absolute Gasteiger partial charge is 0.325 e. The first-order valence-corrected chi connectivity index (χ1v) is 9.49. The van der Waals surface area contributed by atoms with Crippen molar-refractivity contribution in [3.8, 4) is 0 Å². The number of para-hydroxylation sites is 2. The van der Waals surface area contributed by atoms with Gasteiger partial charge in [0.25, 0.3) is 5.91 Å². The van der Waals surface area contributed by atoms with Crippen LogP contribution >= 0.6 is 0 Å². The number of rotatable bonds is 6. The number of ether oxygens (including phenoxy) is 1. The van der Waals surface area contributed by atoms with Gasteiger partial charge in [-0.3, -0.25) is 24.1 Å². The first-order valence-electron chi connectivity index (χ1n) is 9.49. The van der Waals surface area contributed by atoms with E-state index in [1.807, 2.05) is 30.3 Å². The number of carbonyl (C=O) groups is 4. The molecule has 2 aromatic carbocycles. The van der Waals surface area contributed by atoms with E-state index in [1.165, 1.54) is 4.90 Å². The monoisotopic (exact) mass is 409 g/mol. The molecule has 0 fully saturated rings. The predicted molar refractivity (Wildman–Crippen MR) is 111 cm³/mol. The third kappa shape index (κ3) is 4.65. The van der Waals surface area contributed by atoms with E-state index >= 15 is 0 Å². The summed E-state index contributed by atoms with van der Waals surface area (Å²) in [5, 5.41) is 5.24. The van der Waals surface area contributed by atoms with Gasteiger partial charge < -0.3 is 15.4 Å². The average molecular weight is 409 g/mol. The van der Waals surface area contributed by atoms with Crippen molar-refractivity contribution in [2.75, 3.05) is 23.4 Å². The van der Waals surface area contributed by atoms with Crippen molar-refractivity contribution in [1.29, 1.82) is 0 Å². The number of carbonyl (C=O) groups excluding carboxylic acids is 4. The summed E-state index contributed by atoms with van der Waals surface area (Å²) in [6.45, 7) is 2.33. The number of hydrogen-bond acceptors (Lipinski definition) is 5. The molecule has 2 N–H and O–H groups in total. The Bertz CT molecular complexity index is 972. The molecule has 0 saturated heterocycles. The predicted octanol–water partition coefficient (Wildman–Crippen LogP) is 1.65. The largest absolute Gasteiger partial charge is 0.454 e. The Hall–Kier alpha value is -3.68. The van der Waals surface area contributed by atoms with Gasteiger partial charge in [-0.15, -0.1) is 0 Å². The van der Waals surface area contributed by atoms with Gasteiger partial charge in [-0.25, -0.2) is 0 Å². The maximum Gasteiger partial charge on any atom is 0.325 e. The number of nitrogens with zero attached hydrogens (tertiary/aromatic N) is 1. The summed E-state index contributed by atoms with van der Waals surface area (Å²) in [5.41, 5.74) is 0.707. The topological polar surface area (TPSA) is 105 Å². The fourth-order valence-electron chi connectivity index (χ4n) is 3.17. The number of anilines is 2. The van der Waals surface area contributed by atoms with Crippen molar-refractivity contribution in [2.24, 2.45) is 0 Å². The Morgan fingerprint density at radius 3 is 2.43 bits per heavy atom. The first-order chi connectivity index (χ1) is 14.3. The second-order valence-corrected chi connectivity index (χ2v) is 7.36. The van der Waals surface area contributed by atoms with Crippen molar-refractivity contribution in [2.45, 2.75) is 25.8 Å². The number of fused-ring (bicyclic) bond motifs is 1. The van der Waals surface area contributed by atoms with E-state index in [0.717, 1.165) is 5.56 Å². The quantitative estimate of drug-likeness (QED) is 0.706. The third-order valence-electron chi connectivity index (χ3n) is 4.75. The van der Waals surface area contributed by atoms with E-state index in [-0.39, 0.29) is 24.8 Å². The molecule has 30 heavy (non-hydrogen) atoms. The highest BCUT2D eigenvalue weighted by Crippen LogP contribution is 2.36. The van der Waals surface area contributed by atoms with Crippen LogP contribution < -0.4 is 15.5 Å². The van der Waals surface area contributed by atoms with Gasteiger partial charge in [0.1, 0.15) is 12.1 Å². The number of esters is 1. The minimum Gasteiger partial charge on any atom is -0.454 e. The zero-order valence-corrected chi connectivity index (χ0v) is 16.8. The zero-order chi connectivity index (χ0) is 21.7. The zero-order valence-electron chi connectivity index (χ0n) is 16.8. The molecule has 1 aliphatic heterocycles. The molecule has 8 heteroatoms. The lowest BCUT2D eigenvalue weighted by Crippen LogP contribution is -2.59. The van der Waals surface area contributed by atoms with Gasteiger partial charge in [-0.2, -0.15) is 0 Å². The van der Waals surface area contributed by atoms with Crippen LogP contribution in [0.25, 0.3) is 0 Å². The van der Waals surface area contributed by atoms with E-state index in [4.69, 9.17) is 4.74 Å². The van der Waals surface area contributed by atoms with E-state index in [9.17, 15) is 19.2 Å². The van der Waals surface area contributed by atoms with Crippen LogP contribution in [0.5, 0.6) is 0 Å². The number of benzene rings is 2. The Balaban J connectivity index is 1.55.